The smallest absolute Gasteiger partial charge is 0.337 e. The second-order valence-corrected chi connectivity index (χ2v) is 5.54. The molecule has 1 rings (SSSR count). The van der Waals surface area contributed by atoms with Gasteiger partial charge in [0.15, 0.2) is 13.3 Å². The number of urea groups is 1. The first kappa shape index (κ1) is 14.2. The third-order valence-corrected chi connectivity index (χ3v) is 2.32. The largest absolute Gasteiger partial charge is 0.609 e. The van der Waals surface area contributed by atoms with E-state index in [0.717, 1.165) is 6.42 Å². The molecular weight excluding hydrogens is 222 g/mol. The molecule has 1 heterocycles. The maximum absolute atomic E-state index is 12.0. The van der Waals surface area contributed by atoms with Crippen LogP contribution in [0.3, 0.4) is 0 Å². The van der Waals surface area contributed by atoms with Crippen LogP contribution in [0.1, 0.15) is 34.1 Å². The number of nitrogens with two attached hydrogens (primary N) is 1. The van der Waals surface area contributed by atoms with Gasteiger partial charge in [0, 0.05) is 12.1 Å². The zero-order valence-corrected chi connectivity index (χ0v) is 11.1. The third-order valence-electron chi connectivity index (χ3n) is 2.32. The van der Waals surface area contributed by atoms with E-state index < -0.39 is 4.76 Å². The fraction of sp³-hybridized carbons (Fsp3) is 0.900. The lowest BCUT2D eigenvalue weighted by Gasteiger charge is -2.29. The molecule has 17 heavy (non-hydrogen) atoms. The Bertz CT molecular complexity index is 287. The lowest BCUT2D eigenvalue weighted by molar-refractivity contribution is -0.888. The van der Waals surface area contributed by atoms with E-state index in [2.05, 4.69) is 5.32 Å². The van der Waals surface area contributed by atoms with Crippen LogP contribution in [0.2, 0.25) is 0 Å². The summed E-state index contributed by atoms with van der Waals surface area (Å²) in [5.41, 5.74) is -0.329. The molecule has 1 fully saturated rings. The predicted octanol–water partition coefficient (Wildman–Crippen LogP) is 0.540. The number of quaternary nitrogens is 1. The van der Waals surface area contributed by atoms with Crippen molar-refractivity contribution in [2.24, 2.45) is 5.84 Å². The van der Waals surface area contributed by atoms with Gasteiger partial charge in [-0.05, 0) is 27.2 Å². The van der Waals surface area contributed by atoms with Gasteiger partial charge < -0.3 is 10.5 Å². The van der Waals surface area contributed by atoms with E-state index >= 15 is 0 Å². The Morgan fingerprint density at radius 1 is 1.47 bits per heavy atom. The monoisotopic (exact) mass is 245 g/mol. The minimum Gasteiger partial charge on any atom is -0.609 e. The number of amides is 2. The van der Waals surface area contributed by atoms with Gasteiger partial charge in [-0.1, -0.05) is 6.92 Å². The lowest BCUT2D eigenvalue weighted by atomic mass is 10.1. The molecule has 100 valence electrons. The topological polar surface area (TPSA) is 84.7 Å². The van der Waals surface area contributed by atoms with Gasteiger partial charge in [-0.15, -0.1) is 0 Å². The van der Waals surface area contributed by atoms with Crippen molar-refractivity contribution in [3.63, 3.8) is 0 Å². The van der Waals surface area contributed by atoms with Gasteiger partial charge in [0.1, 0.15) is 0 Å². The lowest BCUT2D eigenvalue weighted by Crippen LogP contribution is -2.53. The van der Waals surface area contributed by atoms with E-state index in [1.807, 2.05) is 27.7 Å². The minimum atomic E-state index is -0.919. The summed E-state index contributed by atoms with van der Waals surface area (Å²) < 4.78 is -0.919. The molecule has 1 aliphatic heterocycles. The average Bonchev–Trinajstić information content (AvgIpc) is 2.39. The van der Waals surface area contributed by atoms with Crippen molar-refractivity contribution in [1.29, 1.82) is 0 Å². The summed E-state index contributed by atoms with van der Waals surface area (Å²) in [5, 5.41) is 17.7. The molecule has 0 aromatic heterocycles. The normalized spacial score (nSPS) is 26.4. The molecule has 1 saturated heterocycles. The summed E-state index contributed by atoms with van der Waals surface area (Å²) in [5.74, 6) is 5.51. The highest BCUT2D eigenvalue weighted by Crippen LogP contribution is 2.16. The second kappa shape index (κ2) is 4.77. The van der Waals surface area contributed by atoms with Gasteiger partial charge in [0.2, 0.25) is 0 Å². The number of carbonyl (C=O) groups is 1. The van der Waals surface area contributed by atoms with Crippen LogP contribution in [0.5, 0.6) is 0 Å². The van der Waals surface area contributed by atoms with Gasteiger partial charge >= 0.3 is 6.03 Å². The molecule has 0 aromatic rings. The molecule has 1 unspecified atom stereocenters. The molecule has 0 aliphatic carbocycles. The first-order valence-electron chi connectivity index (χ1n) is 5.86. The molecule has 0 aromatic carbocycles. The van der Waals surface area contributed by atoms with Crippen LogP contribution < -0.4 is 11.2 Å². The van der Waals surface area contributed by atoms with Crippen LogP contribution in [0.25, 0.3) is 0 Å². The summed E-state index contributed by atoms with van der Waals surface area (Å²) in [6.07, 6.45) is 0.860. The molecule has 7 heteroatoms. The molecule has 7 nitrogen and oxygen atoms in total. The molecule has 1 aliphatic rings. The Kier molecular flexibility index (Phi) is 3.98. The van der Waals surface area contributed by atoms with Crippen molar-refractivity contribution in [3.8, 4) is 0 Å². The SMILES string of the molecule is CCCN1C[N+](N)([O-])CN1C(=O)NC(C)(C)C. The molecule has 3 N–H and O–H groups in total. The molecule has 1 atom stereocenters. The number of rotatable bonds is 2. The summed E-state index contributed by atoms with van der Waals surface area (Å²) in [6.45, 7) is 8.41. The van der Waals surface area contributed by atoms with Crippen LogP contribution in [0, 0.1) is 5.21 Å². The van der Waals surface area contributed by atoms with Gasteiger partial charge in [0.25, 0.3) is 0 Å². The Balaban J connectivity index is 2.70. The van der Waals surface area contributed by atoms with Crippen LogP contribution in [-0.2, 0) is 0 Å². The van der Waals surface area contributed by atoms with Crippen molar-refractivity contribution in [2.45, 2.75) is 39.7 Å². The highest BCUT2D eigenvalue weighted by Gasteiger charge is 2.38. The predicted molar refractivity (Wildman–Crippen MR) is 64.7 cm³/mol. The van der Waals surface area contributed by atoms with Gasteiger partial charge in [-0.3, -0.25) is 4.76 Å². The average molecular weight is 245 g/mol. The minimum absolute atomic E-state index is 0.0398. The number of hydrogen-bond donors (Lipinski definition) is 2. The van der Waals surface area contributed by atoms with Crippen molar-refractivity contribution >= 4 is 6.03 Å². The molecule has 0 saturated carbocycles. The Labute approximate surface area is 102 Å². The molecule has 0 radical (unpaired) electrons. The number of hydrazine groups is 1. The van der Waals surface area contributed by atoms with Crippen molar-refractivity contribution < 1.29 is 9.55 Å². The number of hydrogen-bond acceptors (Lipinski definition) is 4. The van der Waals surface area contributed by atoms with Crippen molar-refractivity contribution in [1.82, 2.24) is 15.3 Å². The molecule has 0 spiro atoms. The van der Waals surface area contributed by atoms with E-state index in [4.69, 9.17) is 5.84 Å². The van der Waals surface area contributed by atoms with Crippen LogP contribution in [0.4, 0.5) is 4.79 Å². The standard InChI is InChI=1S/C10H23N5O2/c1-5-6-13-7-15(11,17)8-14(13)9(16)12-10(2,3)4/h5-8,11H2,1-4H3,(H,12,16). The van der Waals surface area contributed by atoms with Gasteiger partial charge in [0.05, 0.1) is 0 Å². The first-order chi connectivity index (χ1) is 7.64. The quantitative estimate of drug-likeness (QED) is 0.422. The zero-order chi connectivity index (χ0) is 13.3. The van der Waals surface area contributed by atoms with Crippen molar-refractivity contribution in [2.75, 3.05) is 19.9 Å². The van der Waals surface area contributed by atoms with E-state index in [1.165, 1.54) is 5.01 Å². The Morgan fingerprint density at radius 3 is 2.53 bits per heavy atom. The van der Waals surface area contributed by atoms with Crippen LogP contribution >= 0.6 is 0 Å². The summed E-state index contributed by atoms with van der Waals surface area (Å²) >= 11 is 0. The number of hydroxylamine groups is 2. The zero-order valence-electron chi connectivity index (χ0n) is 11.1. The fourth-order valence-corrected chi connectivity index (χ4v) is 1.74. The summed E-state index contributed by atoms with van der Waals surface area (Å²) in [4.78, 5) is 12.0. The van der Waals surface area contributed by atoms with Crippen molar-refractivity contribution in [3.05, 3.63) is 5.21 Å². The number of nitrogens with one attached hydrogen (secondary N) is 1. The van der Waals surface area contributed by atoms with E-state index in [9.17, 15) is 10.0 Å². The second-order valence-electron chi connectivity index (χ2n) is 5.54. The summed E-state index contributed by atoms with van der Waals surface area (Å²) in [7, 11) is 0. The van der Waals surface area contributed by atoms with Gasteiger partial charge in [-0.2, -0.15) is 15.9 Å². The molecular formula is C10H23N5O2. The van der Waals surface area contributed by atoms with E-state index in [0.29, 0.717) is 6.54 Å². The number of carbonyl (C=O) groups excluding carboxylic acids is 1. The van der Waals surface area contributed by atoms with Crippen LogP contribution in [-0.4, -0.2) is 46.2 Å². The first-order valence-corrected chi connectivity index (χ1v) is 5.86. The fourth-order valence-electron chi connectivity index (χ4n) is 1.74. The number of nitrogens with zero attached hydrogens (tertiary/aromatic N) is 3. The highest BCUT2D eigenvalue weighted by molar-refractivity contribution is 5.74. The van der Waals surface area contributed by atoms with E-state index in [1.54, 1.807) is 5.01 Å². The summed E-state index contributed by atoms with van der Waals surface area (Å²) in [6, 6.07) is -0.271. The van der Waals surface area contributed by atoms with E-state index in [-0.39, 0.29) is 24.9 Å². The Morgan fingerprint density at radius 2 is 2.06 bits per heavy atom. The van der Waals surface area contributed by atoms with Crippen LogP contribution in [0.15, 0.2) is 0 Å². The highest BCUT2D eigenvalue weighted by atomic mass is 16.6. The molecule has 2 amide bonds. The third kappa shape index (κ3) is 4.12. The van der Waals surface area contributed by atoms with Gasteiger partial charge in [-0.25, -0.2) is 4.79 Å². The maximum atomic E-state index is 12.0. The Hall–Kier alpha value is -0.890. The maximum Gasteiger partial charge on any atom is 0.337 e. The molecule has 0 bridgehead atoms.